The molecule has 1 unspecified atom stereocenters. The van der Waals surface area contributed by atoms with Gasteiger partial charge in [-0.25, -0.2) is 12.8 Å². The Balaban J connectivity index is 3.15. The molecule has 0 spiro atoms. The zero-order chi connectivity index (χ0) is 14.6. The monoisotopic (exact) mass is 369 g/mol. The molecule has 1 aromatic carbocycles. The average Bonchev–Trinajstić information content (AvgIpc) is 2.34. The van der Waals surface area contributed by atoms with E-state index in [2.05, 4.69) is 15.9 Å². The van der Waals surface area contributed by atoms with Crippen LogP contribution in [-0.4, -0.2) is 37.8 Å². The third-order valence-corrected chi connectivity index (χ3v) is 6.05. The molecule has 0 aromatic heterocycles. The first-order valence-electron chi connectivity index (χ1n) is 5.76. The van der Waals surface area contributed by atoms with Crippen molar-refractivity contribution in [3.05, 3.63) is 28.5 Å². The molecule has 7 heteroatoms. The second-order valence-corrected chi connectivity index (χ2v) is 7.91. The zero-order valence-electron chi connectivity index (χ0n) is 11.1. The van der Waals surface area contributed by atoms with Crippen LogP contribution in [0.5, 0.6) is 0 Å². The normalized spacial score (nSPS) is 13.8. The minimum atomic E-state index is -3.80. The Labute approximate surface area is 126 Å². The van der Waals surface area contributed by atoms with Crippen molar-refractivity contribution in [1.29, 1.82) is 0 Å². The van der Waals surface area contributed by atoms with Crippen LogP contribution in [0.2, 0.25) is 0 Å². The van der Waals surface area contributed by atoms with Crippen molar-refractivity contribution in [2.45, 2.75) is 24.3 Å². The van der Waals surface area contributed by atoms with Crippen LogP contribution in [0.25, 0.3) is 0 Å². The molecule has 0 aliphatic carbocycles. The number of nitrogens with zero attached hydrogens (tertiary/aromatic N) is 1. The lowest BCUT2D eigenvalue weighted by Crippen LogP contribution is -2.38. The molecule has 0 bridgehead atoms. The Kier molecular flexibility index (Phi) is 6.29. The summed E-state index contributed by atoms with van der Waals surface area (Å²) in [6, 6.07) is 3.84. The standard InChI is InChI=1S/C12H17BrFNO2S2/c1-4-10(8-18-3)15(2)19(16,17)12-6-5-9(13)7-11(12)14/h5-7,10H,4,8H2,1-3H3. The summed E-state index contributed by atoms with van der Waals surface area (Å²) in [5.41, 5.74) is 0. The van der Waals surface area contributed by atoms with Gasteiger partial charge >= 0.3 is 0 Å². The predicted octanol–water partition coefficient (Wildman–Crippen LogP) is 3.35. The predicted molar refractivity (Wildman–Crippen MR) is 81.5 cm³/mol. The summed E-state index contributed by atoms with van der Waals surface area (Å²) < 4.78 is 40.4. The summed E-state index contributed by atoms with van der Waals surface area (Å²) in [5.74, 6) is -0.0510. The average molecular weight is 370 g/mol. The van der Waals surface area contributed by atoms with E-state index in [0.717, 1.165) is 6.07 Å². The van der Waals surface area contributed by atoms with Gasteiger partial charge in [-0.2, -0.15) is 16.1 Å². The number of thioether (sulfide) groups is 1. The van der Waals surface area contributed by atoms with Gasteiger partial charge in [0.15, 0.2) is 0 Å². The molecule has 0 amide bonds. The van der Waals surface area contributed by atoms with E-state index in [1.54, 1.807) is 11.8 Å². The van der Waals surface area contributed by atoms with Gasteiger partial charge in [-0.3, -0.25) is 0 Å². The maximum atomic E-state index is 13.8. The summed E-state index contributed by atoms with van der Waals surface area (Å²) >= 11 is 4.69. The van der Waals surface area contributed by atoms with Gasteiger partial charge in [0.1, 0.15) is 10.7 Å². The number of halogens is 2. The van der Waals surface area contributed by atoms with E-state index in [4.69, 9.17) is 0 Å². The smallest absolute Gasteiger partial charge is 0.207 e. The fourth-order valence-corrected chi connectivity index (χ4v) is 4.45. The molecule has 0 saturated carbocycles. The molecule has 0 fully saturated rings. The van der Waals surface area contributed by atoms with Crippen LogP contribution in [0.1, 0.15) is 13.3 Å². The van der Waals surface area contributed by atoms with Crippen molar-refractivity contribution >= 4 is 37.7 Å². The molecule has 1 rings (SSSR count). The molecule has 0 N–H and O–H groups in total. The SMILES string of the molecule is CCC(CSC)N(C)S(=O)(=O)c1ccc(Br)cc1F. The third kappa shape index (κ3) is 3.93. The van der Waals surface area contributed by atoms with Gasteiger partial charge in [0, 0.05) is 23.3 Å². The summed E-state index contributed by atoms with van der Waals surface area (Å²) in [6.45, 7) is 1.92. The molecule has 0 aliphatic rings. The van der Waals surface area contributed by atoms with E-state index in [1.807, 2.05) is 13.2 Å². The maximum Gasteiger partial charge on any atom is 0.246 e. The summed E-state index contributed by atoms with van der Waals surface area (Å²) in [6.07, 6.45) is 2.61. The molecular formula is C12H17BrFNO2S2. The van der Waals surface area contributed by atoms with Crippen molar-refractivity contribution in [3.8, 4) is 0 Å². The molecule has 0 radical (unpaired) electrons. The lowest BCUT2D eigenvalue weighted by Gasteiger charge is -2.26. The molecule has 0 saturated heterocycles. The first kappa shape index (κ1) is 16.9. The summed E-state index contributed by atoms with van der Waals surface area (Å²) in [5, 5.41) is 0. The Morgan fingerprint density at radius 2 is 2.11 bits per heavy atom. The highest BCUT2D eigenvalue weighted by Crippen LogP contribution is 2.24. The van der Waals surface area contributed by atoms with Crippen molar-refractivity contribution in [2.24, 2.45) is 0 Å². The topological polar surface area (TPSA) is 37.4 Å². The van der Waals surface area contributed by atoms with Crippen molar-refractivity contribution < 1.29 is 12.8 Å². The minimum Gasteiger partial charge on any atom is -0.207 e. The van der Waals surface area contributed by atoms with E-state index >= 15 is 0 Å². The van der Waals surface area contributed by atoms with Gasteiger partial charge in [-0.05, 0) is 30.9 Å². The number of sulfonamides is 1. The van der Waals surface area contributed by atoms with Crippen LogP contribution < -0.4 is 0 Å². The lowest BCUT2D eigenvalue weighted by atomic mass is 10.3. The zero-order valence-corrected chi connectivity index (χ0v) is 14.3. The van der Waals surface area contributed by atoms with Gasteiger partial charge in [-0.1, -0.05) is 22.9 Å². The Morgan fingerprint density at radius 3 is 2.58 bits per heavy atom. The maximum absolute atomic E-state index is 13.8. The highest BCUT2D eigenvalue weighted by molar-refractivity contribution is 9.10. The number of benzene rings is 1. The number of hydrogen-bond acceptors (Lipinski definition) is 3. The van der Waals surface area contributed by atoms with Crippen molar-refractivity contribution in [2.75, 3.05) is 19.1 Å². The first-order chi connectivity index (χ1) is 8.84. The second-order valence-electron chi connectivity index (χ2n) is 4.11. The molecule has 1 aromatic rings. The van der Waals surface area contributed by atoms with Gasteiger partial charge < -0.3 is 0 Å². The quantitative estimate of drug-likeness (QED) is 0.771. The highest BCUT2D eigenvalue weighted by atomic mass is 79.9. The van der Waals surface area contributed by atoms with Crippen LogP contribution in [0.15, 0.2) is 27.6 Å². The number of rotatable bonds is 6. The lowest BCUT2D eigenvalue weighted by molar-refractivity contribution is 0.383. The molecule has 1 atom stereocenters. The molecule has 108 valence electrons. The van der Waals surface area contributed by atoms with Gasteiger partial charge in [0.05, 0.1) is 0 Å². The Bertz CT molecular complexity index is 537. The highest BCUT2D eigenvalue weighted by Gasteiger charge is 2.29. The molecule has 0 heterocycles. The van der Waals surface area contributed by atoms with E-state index in [9.17, 15) is 12.8 Å². The van der Waals surface area contributed by atoms with E-state index in [1.165, 1.54) is 23.5 Å². The minimum absolute atomic E-state index is 0.136. The molecule has 0 aliphatic heterocycles. The fraction of sp³-hybridized carbons (Fsp3) is 0.500. The van der Waals surface area contributed by atoms with Crippen molar-refractivity contribution in [3.63, 3.8) is 0 Å². The second kappa shape index (κ2) is 7.06. The third-order valence-electron chi connectivity index (χ3n) is 2.90. The van der Waals surface area contributed by atoms with Crippen LogP contribution in [0, 0.1) is 5.82 Å². The molecule has 3 nitrogen and oxygen atoms in total. The van der Waals surface area contributed by atoms with Gasteiger partial charge in [0.2, 0.25) is 10.0 Å². The van der Waals surface area contributed by atoms with Crippen LogP contribution in [0.4, 0.5) is 4.39 Å². The van der Waals surface area contributed by atoms with Gasteiger partial charge in [0.25, 0.3) is 0 Å². The summed E-state index contributed by atoms with van der Waals surface area (Å²) in [7, 11) is -2.29. The van der Waals surface area contributed by atoms with E-state index < -0.39 is 15.8 Å². The fourth-order valence-electron chi connectivity index (χ4n) is 1.71. The Hall–Kier alpha value is -0.110. The van der Waals surface area contributed by atoms with E-state index in [-0.39, 0.29) is 10.9 Å². The molecular weight excluding hydrogens is 353 g/mol. The van der Waals surface area contributed by atoms with Crippen LogP contribution in [0.3, 0.4) is 0 Å². The van der Waals surface area contributed by atoms with E-state index in [0.29, 0.717) is 16.6 Å². The largest absolute Gasteiger partial charge is 0.246 e. The van der Waals surface area contributed by atoms with Crippen LogP contribution in [-0.2, 0) is 10.0 Å². The summed E-state index contributed by atoms with van der Waals surface area (Å²) in [4.78, 5) is -0.280. The van der Waals surface area contributed by atoms with Crippen molar-refractivity contribution in [1.82, 2.24) is 4.31 Å². The first-order valence-corrected chi connectivity index (χ1v) is 9.39. The molecule has 19 heavy (non-hydrogen) atoms. The Morgan fingerprint density at radius 1 is 1.47 bits per heavy atom. The number of hydrogen-bond donors (Lipinski definition) is 0. The van der Waals surface area contributed by atoms with Crippen LogP contribution >= 0.6 is 27.7 Å². The van der Waals surface area contributed by atoms with Gasteiger partial charge in [-0.15, -0.1) is 0 Å².